The van der Waals surface area contributed by atoms with Crippen LogP contribution in [0, 0.1) is 0 Å². The molecule has 10 heteroatoms. The Labute approximate surface area is 215 Å². The van der Waals surface area contributed by atoms with Crippen molar-refractivity contribution in [1.29, 1.82) is 0 Å². The lowest BCUT2D eigenvalue weighted by Crippen LogP contribution is -2.37. The molecule has 0 aliphatic rings. The molecule has 0 spiro atoms. The molecule has 0 saturated carbocycles. The van der Waals surface area contributed by atoms with E-state index >= 15 is 0 Å². The Morgan fingerprint density at radius 3 is 2.50 bits per heavy atom. The van der Waals surface area contributed by atoms with E-state index in [0.29, 0.717) is 29.0 Å². The van der Waals surface area contributed by atoms with Crippen LogP contribution < -0.4 is 21.1 Å². The van der Waals surface area contributed by atoms with E-state index in [-0.39, 0.29) is 42.2 Å². The summed E-state index contributed by atoms with van der Waals surface area (Å²) < 4.78 is 23.6. The van der Waals surface area contributed by atoms with Crippen molar-refractivity contribution >= 4 is 35.3 Å². The summed E-state index contributed by atoms with van der Waals surface area (Å²) in [7, 11) is 0. The fraction of sp³-hybridized carbons (Fsp3) is 0.417. The number of aliphatic hydroxyl groups is 1. The number of ether oxygens (including phenoxy) is 2. The van der Waals surface area contributed by atoms with Gasteiger partial charge in [-0.15, -0.1) is 11.6 Å². The number of hydrogen-bond donors (Lipinski definition) is 3. The molecule has 2 aromatic carbocycles. The molecule has 0 fully saturated rings. The Hall–Kier alpha value is -1.84. The summed E-state index contributed by atoms with van der Waals surface area (Å²) in [5, 5.41) is 11.9. The van der Waals surface area contributed by atoms with Crippen molar-refractivity contribution in [2.45, 2.75) is 31.8 Å². The summed E-state index contributed by atoms with van der Waals surface area (Å²) in [5.41, 5.74) is 7.70. The normalized spacial score (nSPS) is 13.0. The quantitative estimate of drug-likeness (QED) is 0.136. The summed E-state index contributed by atoms with van der Waals surface area (Å²) in [6, 6.07) is 13.5. The van der Waals surface area contributed by atoms with Gasteiger partial charge >= 0.3 is 0 Å². The maximum atomic E-state index is 12.2. The second kappa shape index (κ2) is 13.9. The second-order valence-electron chi connectivity index (χ2n) is 8.30. The smallest absolute Gasteiger partial charge is 0.137 e. The van der Waals surface area contributed by atoms with Crippen molar-refractivity contribution < 1.29 is 18.5 Å². The molecular formula is C24H32Cl2FN3O3S. The molecule has 0 unspecified atom stereocenters. The van der Waals surface area contributed by atoms with E-state index in [1.165, 1.54) is 11.2 Å². The van der Waals surface area contributed by atoms with Gasteiger partial charge in [-0.2, -0.15) is 3.89 Å². The maximum absolute atomic E-state index is 12.2. The maximum Gasteiger partial charge on any atom is 0.137 e. The molecule has 6 nitrogen and oxygen atoms in total. The van der Waals surface area contributed by atoms with Crippen LogP contribution in [0.2, 0.25) is 5.02 Å². The van der Waals surface area contributed by atoms with Crippen molar-refractivity contribution in [3.63, 3.8) is 0 Å². The number of nitrogens with zero attached hydrogens (tertiary/aromatic N) is 1. The molecule has 0 amide bonds. The van der Waals surface area contributed by atoms with Crippen molar-refractivity contribution in [1.82, 2.24) is 5.01 Å². The molecule has 2 aromatic rings. The number of nitrogens with two attached hydrogens (primary N) is 2. The zero-order valence-electron chi connectivity index (χ0n) is 19.3. The Morgan fingerprint density at radius 1 is 1.21 bits per heavy atom. The minimum atomic E-state index is -0.851. The lowest BCUT2D eigenvalue weighted by Gasteiger charge is -2.27. The van der Waals surface area contributed by atoms with E-state index in [9.17, 15) is 8.99 Å². The van der Waals surface area contributed by atoms with E-state index in [1.54, 1.807) is 0 Å². The van der Waals surface area contributed by atoms with Gasteiger partial charge in [0.1, 0.15) is 24.2 Å². The average Bonchev–Trinajstić information content (AvgIpc) is 2.79. The van der Waals surface area contributed by atoms with Gasteiger partial charge in [0.15, 0.2) is 0 Å². The van der Waals surface area contributed by atoms with Gasteiger partial charge < -0.3 is 25.3 Å². The highest BCUT2D eigenvalue weighted by molar-refractivity contribution is 7.94. The zero-order valence-corrected chi connectivity index (χ0v) is 21.7. The molecule has 5 N–H and O–H groups in total. The van der Waals surface area contributed by atoms with Gasteiger partial charge in [-0.05, 0) is 41.8 Å². The van der Waals surface area contributed by atoms with Crippen molar-refractivity contribution in [2.75, 3.05) is 31.4 Å². The minimum Gasteiger partial charge on any atom is -0.492 e. The van der Waals surface area contributed by atoms with Crippen LogP contribution in [0.4, 0.5) is 3.89 Å². The molecular weight excluding hydrogens is 500 g/mol. The van der Waals surface area contributed by atoms with Gasteiger partial charge in [0.2, 0.25) is 0 Å². The van der Waals surface area contributed by atoms with E-state index in [0.717, 1.165) is 17.5 Å². The largest absolute Gasteiger partial charge is 0.492 e. The molecule has 0 aromatic heterocycles. The monoisotopic (exact) mass is 531 g/mol. The summed E-state index contributed by atoms with van der Waals surface area (Å²) >= 11 is 12.2. The summed E-state index contributed by atoms with van der Waals surface area (Å²) in [5.74, 6) is 7.57. The third kappa shape index (κ3) is 8.74. The van der Waals surface area contributed by atoms with Crippen LogP contribution >= 0.6 is 35.3 Å². The molecule has 34 heavy (non-hydrogen) atoms. The number of hydrogen-bond acceptors (Lipinski definition) is 7. The highest BCUT2D eigenvalue weighted by Crippen LogP contribution is 2.36. The third-order valence-corrected chi connectivity index (χ3v) is 6.19. The van der Waals surface area contributed by atoms with Crippen LogP contribution in [0.1, 0.15) is 31.4 Å². The third-order valence-electron chi connectivity index (χ3n) is 5.18. The first kappa shape index (κ1) is 28.4. The number of benzene rings is 2. The summed E-state index contributed by atoms with van der Waals surface area (Å²) in [4.78, 5) is 0. The van der Waals surface area contributed by atoms with Crippen LogP contribution in [-0.4, -0.2) is 47.6 Å². The Balaban J connectivity index is 1.96. The van der Waals surface area contributed by atoms with Crippen molar-refractivity contribution in [3.8, 4) is 11.5 Å². The fourth-order valence-corrected chi connectivity index (χ4v) is 3.78. The molecule has 0 aliphatic heterocycles. The van der Waals surface area contributed by atoms with E-state index in [1.807, 2.05) is 42.5 Å². The zero-order chi connectivity index (χ0) is 25.1. The number of aliphatic hydroxyl groups excluding tert-OH is 1. The minimum absolute atomic E-state index is 0.0156. The first-order chi connectivity index (χ1) is 16.2. The molecule has 2 rings (SSSR count). The lowest BCUT2D eigenvalue weighted by atomic mass is 9.78. The van der Waals surface area contributed by atoms with Crippen LogP contribution in [0.5, 0.6) is 11.5 Å². The van der Waals surface area contributed by atoms with Gasteiger partial charge in [-0.3, -0.25) is 0 Å². The van der Waals surface area contributed by atoms with Crippen LogP contribution in [-0.2, 0) is 5.41 Å². The standard InChI is InChI=1S/C24H32Cl2FN3O3S/c1-24(2,18-6-9-23(22(26)12-18)32-11-3-10-25)17-4-7-21(8-5-17)33-15-20(31)14-30(29)13-19(28)16-34-27/h4-9,12-13,20,31H,3,10-11,14-16,28-29H2,1-2H3/b19-13-/t20-/m1/s1. The van der Waals surface area contributed by atoms with Crippen molar-refractivity contribution in [3.05, 3.63) is 70.5 Å². The fourth-order valence-electron chi connectivity index (χ4n) is 3.23. The highest BCUT2D eigenvalue weighted by atomic mass is 35.5. The van der Waals surface area contributed by atoms with Crippen LogP contribution in [0.15, 0.2) is 54.4 Å². The second-order valence-corrected chi connectivity index (χ2v) is 9.60. The number of halogens is 3. The lowest BCUT2D eigenvalue weighted by molar-refractivity contribution is 0.0817. The molecule has 0 aliphatic carbocycles. The number of rotatable bonds is 14. The topological polar surface area (TPSA) is 94.0 Å². The van der Waals surface area contributed by atoms with Crippen LogP contribution in [0.25, 0.3) is 0 Å². The molecule has 0 radical (unpaired) electrons. The van der Waals surface area contributed by atoms with Gasteiger partial charge in [0.25, 0.3) is 0 Å². The SMILES string of the molecule is CC(C)(c1ccc(OC[C@H](O)CN(N)/C=C(\N)CSF)cc1)c1ccc(OCCCCl)c(Cl)c1. The summed E-state index contributed by atoms with van der Waals surface area (Å²) in [6.07, 6.45) is 1.29. The molecule has 188 valence electrons. The first-order valence-corrected chi connectivity index (χ1v) is 12.6. The first-order valence-electron chi connectivity index (χ1n) is 10.8. The average molecular weight is 533 g/mol. The van der Waals surface area contributed by atoms with Gasteiger partial charge in [0.05, 0.1) is 36.1 Å². The van der Waals surface area contributed by atoms with Crippen LogP contribution in [0.3, 0.4) is 0 Å². The van der Waals surface area contributed by atoms with E-state index in [2.05, 4.69) is 13.8 Å². The highest BCUT2D eigenvalue weighted by Gasteiger charge is 2.24. The predicted octanol–water partition coefficient (Wildman–Crippen LogP) is 5.01. The number of alkyl halides is 1. The molecule has 0 heterocycles. The predicted molar refractivity (Wildman–Crippen MR) is 139 cm³/mol. The van der Waals surface area contributed by atoms with Gasteiger partial charge in [-0.25, -0.2) is 5.84 Å². The van der Waals surface area contributed by atoms with Gasteiger partial charge in [-0.1, -0.05) is 43.6 Å². The number of hydrazine groups is 1. The van der Waals surface area contributed by atoms with E-state index < -0.39 is 6.10 Å². The van der Waals surface area contributed by atoms with E-state index in [4.69, 9.17) is 44.3 Å². The molecule has 0 saturated heterocycles. The Morgan fingerprint density at radius 2 is 1.88 bits per heavy atom. The Bertz CT molecular complexity index is 932. The molecule has 0 bridgehead atoms. The van der Waals surface area contributed by atoms with Gasteiger partial charge in [0, 0.05) is 23.2 Å². The van der Waals surface area contributed by atoms with Crippen molar-refractivity contribution in [2.24, 2.45) is 11.6 Å². The summed E-state index contributed by atoms with van der Waals surface area (Å²) in [6.45, 7) is 4.89. The molecule has 1 atom stereocenters. The Kier molecular flexibility index (Phi) is 11.6.